The van der Waals surface area contributed by atoms with Crippen LogP contribution in [0.1, 0.15) is 132 Å². The molecule has 0 saturated heterocycles. The summed E-state index contributed by atoms with van der Waals surface area (Å²) in [6.07, 6.45) is 22.9. The van der Waals surface area contributed by atoms with Crippen LogP contribution in [0.15, 0.2) is 96.1 Å². The van der Waals surface area contributed by atoms with E-state index < -0.39 is 21.5 Å². The van der Waals surface area contributed by atoms with Crippen molar-refractivity contribution >= 4 is 35.1 Å². The third-order valence-corrected chi connectivity index (χ3v) is 66.0. The van der Waals surface area contributed by atoms with Crippen molar-refractivity contribution in [3.05, 3.63) is 129 Å². The third-order valence-electron chi connectivity index (χ3n) is 14.1. The number of fused-ring (bicyclic) bond motifs is 2. The number of benzene rings is 4. The zero-order valence-electron chi connectivity index (χ0n) is 33.3. The minimum absolute atomic E-state index is 0.149. The molecule has 4 aliphatic rings. The molecule has 0 aromatic heterocycles. The maximum atomic E-state index is 9.02. The van der Waals surface area contributed by atoms with E-state index in [1.165, 1.54) is 120 Å². The molecule has 0 bridgehead atoms. The SMILES string of the molecule is CCCc1ccc(-c2cccc3c2C=C(CC2CCCC2)[CH]3[Zr]([Cl])([Cl])([CH]2C(CC3CCCC3)=Cc3c(-c4ccc(CCC)cc4)cccc32)[SiH](C)C)cc1. The van der Waals surface area contributed by atoms with Crippen molar-refractivity contribution in [1.82, 2.24) is 0 Å². The zero-order valence-corrected chi connectivity index (χ0v) is 38.4. The van der Waals surface area contributed by atoms with E-state index in [-0.39, 0.29) is 7.25 Å². The normalized spacial score (nSPS) is 20.9. The van der Waals surface area contributed by atoms with Gasteiger partial charge in [0.2, 0.25) is 0 Å². The fourth-order valence-corrected chi connectivity index (χ4v) is 42.7. The zero-order chi connectivity index (χ0) is 37.5. The van der Waals surface area contributed by atoms with E-state index in [4.69, 9.17) is 17.0 Å². The van der Waals surface area contributed by atoms with Crippen LogP contribution >= 0.6 is 17.0 Å². The topological polar surface area (TPSA) is 0 Å². The molecule has 2 unspecified atom stereocenters. The second-order valence-corrected chi connectivity index (χ2v) is 60.4. The number of allylic oxidation sites excluding steroid dienone is 2. The van der Waals surface area contributed by atoms with Crippen LogP contribution in [-0.4, -0.2) is 5.92 Å². The predicted molar refractivity (Wildman–Crippen MR) is 237 cm³/mol. The van der Waals surface area contributed by atoms with Crippen molar-refractivity contribution in [2.45, 2.75) is 124 Å². The van der Waals surface area contributed by atoms with Gasteiger partial charge < -0.3 is 0 Å². The number of aryl methyl sites for hydroxylation is 2. The quantitative estimate of drug-likeness (QED) is 0.118. The van der Waals surface area contributed by atoms with Gasteiger partial charge in [0.15, 0.2) is 0 Å². The summed E-state index contributed by atoms with van der Waals surface area (Å²) in [4.78, 5) is 0. The van der Waals surface area contributed by atoms with Crippen molar-refractivity contribution in [1.29, 1.82) is 0 Å². The van der Waals surface area contributed by atoms with Gasteiger partial charge in [-0.3, -0.25) is 0 Å². The third kappa shape index (κ3) is 7.12. The van der Waals surface area contributed by atoms with E-state index in [2.05, 4.69) is 124 Å². The molecule has 8 rings (SSSR count). The molecule has 283 valence electrons. The molecule has 4 aromatic rings. The first-order chi connectivity index (χ1) is 26.2. The van der Waals surface area contributed by atoms with E-state index in [9.17, 15) is 0 Å². The molecule has 0 amide bonds. The Morgan fingerprint density at radius 3 is 1.30 bits per heavy atom. The number of hydrogen-bond acceptors (Lipinski definition) is 0. The average molecular weight is 852 g/mol. The van der Waals surface area contributed by atoms with Crippen molar-refractivity contribution in [2.24, 2.45) is 11.8 Å². The van der Waals surface area contributed by atoms with Crippen LogP contribution < -0.4 is 0 Å². The van der Waals surface area contributed by atoms with Gasteiger partial charge >= 0.3 is 338 Å². The van der Waals surface area contributed by atoms with Crippen LogP contribution in [0.4, 0.5) is 0 Å². The second-order valence-electron chi connectivity index (χ2n) is 17.9. The molecule has 0 aliphatic heterocycles. The summed E-state index contributed by atoms with van der Waals surface area (Å²) >= 11 is -4.93. The molecule has 0 heterocycles. The van der Waals surface area contributed by atoms with E-state index in [0.717, 1.165) is 37.5 Å². The predicted octanol–water partition coefficient (Wildman–Crippen LogP) is 15.6. The first kappa shape index (κ1) is 38.9. The van der Waals surface area contributed by atoms with Crippen LogP contribution in [0.5, 0.6) is 0 Å². The summed E-state index contributed by atoms with van der Waals surface area (Å²) in [6, 6.07) is 33.0. The Morgan fingerprint density at radius 2 is 0.944 bits per heavy atom. The molecule has 2 fully saturated rings. The van der Waals surface area contributed by atoms with Crippen molar-refractivity contribution < 1.29 is 15.6 Å². The molecule has 0 nitrogen and oxygen atoms in total. The summed E-state index contributed by atoms with van der Waals surface area (Å²) < 4.78 is 0.299. The summed E-state index contributed by atoms with van der Waals surface area (Å²) in [6.45, 7) is 9.60. The number of rotatable bonds is 13. The van der Waals surface area contributed by atoms with Gasteiger partial charge in [-0.2, -0.15) is 0 Å². The minimum atomic E-state index is -4.93. The number of halogens is 2. The fourth-order valence-electron chi connectivity index (χ4n) is 11.3. The summed E-state index contributed by atoms with van der Waals surface area (Å²) in [7, 11) is 18.0. The van der Waals surface area contributed by atoms with Crippen LogP contribution in [-0.2, 0) is 28.4 Å². The van der Waals surface area contributed by atoms with Crippen molar-refractivity contribution in [2.75, 3.05) is 0 Å². The Hall–Kier alpha value is -1.96. The summed E-state index contributed by atoms with van der Waals surface area (Å²) in [5.74, 6) is -0.193. The second kappa shape index (κ2) is 16.1. The molecule has 4 aliphatic carbocycles. The van der Waals surface area contributed by atoms with E-state index in [1.807, 2.05) is 0 Å². The molecule has 4 heteroatoms. The van der Waals surface area contributed by atoms with E-state index in [0.29, 0.717) is 0 Å². The molecule has 54 heavy (non-hydrogen) atoms. The van der Waals surface area contributed by atoms with E-state index in [1.54, 1.807) is 11.1 Å². The molecule has 4 aromatic carbocycles. The van der Waals surface area contributed by atoms with Crippen LogP contribution in [0, 0.1) is 11.8 Å². The molecule has 0 spiro atoms. The van der Waals surface area contributed by atoms with Gasteiger partial charge in [-0.05, 0) is 0 Å². The monoisotopic (exact) mass is 849 g/mol. The van der Waals surface area contributed by atoms with Gasteiger partial charge in [0, 0.05) is 0 Å². The Morgan fingerprint density at radius 1 is 0.556 bits per heavy atom. The average Bonchev–Trinajstić information content (AvgIpc) is 4.00. The molecule has 0 N–H and O–H groups in total. The first-order valence-electron chi connectivity index (χ1n) is 21.6. The van der Waals surface area contributed by atoms with Crippen molar-refractivity contribution in [3.8, 4) is 22.3 Å². The van der Waals surface area contributed by atoms with Gasteiger partial charge in [-0.15, -0.1) is 0 Å². The van der Waals surface area contributed by atoms with Crippen LogP contribution in [0.2, 0.25) is 13.1 Å². The summed E-state index contributed by atoms with van der Waals surface area (Å²) in [5, 5.41) is 0. The van der Waals surface area contributed by atoms with Crippen LogP contribution in [0.3, 0.4) is 0 Å². The fraction of sp³-hybridized carbons (Fsp3) is 0.440. The maximum absolute atomic E-state index is 9.02. The standard InChI is InChI=1S/2C24H27.C2H7Si.2ClH.Zr/c2*1-2-6-18-11-13-21(14-12-18)23-10-5-9-22-16-20(17-24(22)23)15-19-7-3-4-8-19;1-3-2;;;/h2*5,9-14,16-17,19H,2-4,6-8,15H2,1H3;3H,1-2H3;2*1H;/q;;;;;+2/p-2. The Kier molecular flexibility index (Phi) is 11.6. The Balaban J connectivity index is 1.30. The molecular weight excluding hydrogens is 791 g/mol. The molecular formula is C50H61Cl2SiZr. The van der Waals surface area contributed by atoms with Gasteiger partial charge in [0.05, 0.1) is 0 Å². The van der Waals surface area contributed by atoms with Gasteiger partial charge in [0.1, 0.15) is 0 Å². The molecule has 2 atom stereocenters. The van der Waals surface area contributed by atoms with Crippen molar-refractivity contribution in [3.63, 3.8) is 0 Å². The first-order valence-corrected chi connectivity index (χ1v) is 37.9. The Labute approximate surface area is 335 Å². The van der Waals surface area contributed by atoms with Gasteiger partial charge in [-0.1, -0.05) is 0 Å². The molecule has 0 radical (unpaired) electrons. The number of hydrogen-bond donors (Lipinski definition) is 0. The van der Waals surface area contributed by atoms with Gasteiger partial charge in [0.25, 0.3) is 0 Å². The Bertz CT molecular complexity index is 1890. The van der Waals surface area contributed by atoms with Gasteiger partial charge in [-0.25, -0.2) is 0 Å². The van der Waals surface area contributed by atoms with E-state index >= 15 is 0 Å². The molecule has 2 saturated carbocycles. The summed E-state index contributed by atoms with van der Waals surface area (Å²) in [5.41, 5.74) is 17.0. The van der Waals surface area contributed by atoms with Crippen LogP contribution in [0.25, 0.3) is 34.4 Å².